The van der Waals surface area contributed by atoms with Crippen LogP contribution in [0.1, 0.15) is 26.3 Å². The Bertz CT molecular complexity index is 658. The van der Waals surface area contributed by atoms with Crippen LogP contribution in [0.15, 0.2) is 24.3 Å². The topological polar surface area (TPSA) is 92.7 Å². The number of amides is 1. The molecule has 24 heavy (non-hydrogen) atoms. The molecule has 132 valence electrons. The number of nitrogens with one attached hydrogen (secondary N) is 1. The van der Waals surface area contributed by atoms with Gasteiger partial charge < -0.3 is 15.2 Å². The maximum atomic E-state index is 14.3. The van der Waals surface area contributed by atoms with E-state index in [1.54, 1.807) is 12.1 Å². The summed E-state index contributed by atoms with van der Waals surface area (Å²) in [6.07, 6.45) is 0.0604. The summed E-state index contributed by atoms with van der Waals surface area (Å²) in [5.74, 6) is -6.57. The number of hydrogen-bond acceptors (Lipinski definition) is 4. The standard InChI is InChI=1S/C17H22FNO5/c1-10-5-7-12(8-6-10)9-13(15(21)24-4)19-14(20)11(2)17(3,18)16(22)23/h5-8,11,13H,9H2,1-4H3,(H,19,20)(H,22,23)/i11D. The van der Waals surface area contributed by atoms with E-state index in [2.05, 4.69) is 10.1 Å². The summed E-state index contributed by atoms with van der Waals surface area (Å²) >= 11 is 0. The van der Waals surface area contributed by atoms with E-state index in [0.717, 1.165) is 19.6 Å². The molecule has 0 bridgehead atoms. The second-order valence-corrected chi connectivity index (χ2v) is 5.67. The summed E-state index contributed by atoms with van der Waals surface area (Å²) < 4.78 is 26.8. The van der Waals surface area contributed by atoms with Gasteiger partial charge in [0.15, 0.2) is 0 Å². The van der Waals surface area contributed by atoms with Crippen molar-refractivity contribution in [3.05, 3.63) is 35.4 Å². The van der Waals surface area contributed by atoms with Gasteiger partial charge in [0.2, 0.25) is 11.6 Å². The quantitative estimate of drug-likeness (QED) is 0.736. The molecule has 6 nitrogen and oxygen atoms in total. The third-order valence-electron chi connectivity index (χ3n) is 3.80. The lowest BCUT2D eigenvalue weighted by Gasteiger charge is -2.25. The Morgan fingerprint density at radius 2 is 1.92 bits per heavy atom. The monoisotopic (exact) mass is 340 g/mol. The molecule has 0 aromatic heterocycles. The average molecular weight is 340 g/mol. The molecule has 1 aromatic carbocycles. The third-order valence-corrected chi connectivity index (χ3v) is 3.80. The molecule has 0 aliphatic carbocycles. The highest BCUT2D eigenvalue weighted by Gasteiger charge is 2.44. The molecule has 0 aliphatic heterocycles. The first kappa shape index (κ1) is 17.9. The van der Waals surface area contributed by atoms with E-state index in [4.69, 9.17) is 6.48 Å². The van der Waals surface area contributed by atoms with Crippen molar-refractivity contribution in [1.82, 2.24) is 5.32 Å². The Balaban J connectivity index is 3.02. The number of ether oxygens (including phenoxy) is 1. The molecule has 1 aromatic rings. The van der Waals surface area contributed by atoms with Crippen molar-refractivity contribution in [2.75, 3.05) is 7.11 Å². The van der Waals surface area contributed by atoms with Gasteiger partial charge in [-0.2, -0.15) is 0 Å². The van der Waals surface area contributed by atoms with Gasteiger partial charge in [-0.1, -0.05) is 29.8 Å². The molecule has 0 spiro atoms. The molecule has 3 unspecified atom stereocenters. The van der Waals surface area contributed by atoms with Crippen molar-refractivity contribution in [3.8, 4) is 0 Å². The first-order valence-electron chi connectivity index (χ1n) is 7.80. The first-order valence-corrected chi connectivity index (χ1v) is 7.30. The largest absolute Gasteiger partial charge is 0.479 e. The van der Waals surface area contributed by atoms with Gasteiger partial charge in [0.1, 0.15) is 6.04 Å². The average Bonchev–Trinajstić information content (AvgIpc) is 2.54. The van der Waals surface area contributed by atoms with Crippen LogP contribution >= 0.6 is 0 Å². The van der Waals surface area contributed by atoms with Gasteiger partial charge in [-0.25, -0.2) is 14.0 Å². The highest BCUT2D eigenvalue weighted by molar-refractivity contribution is 5.91. The van der Waals surface area contributed by atoms with E-state index < -0.39 is 35.5 Å². The number of carboxylic acids is 1. The van der Waals surface area contributed by atoms with Crippen molar-refractivity contribution < 1.29 is 30.0 Å². The molecule has 0 saturated carbocycles. The number of aryl methyl sites for hydroxylation is 1. The molecule has 2 N–H and O–H groups in total. The van der Waals surface area contributed by atoms with Crippen LogP contribution in [-0.2, 0) is 25.5 Å². The van der Waals surface area contributed by atoms with Crippen molar-refractivity contribution >= 4 is 17.8 Å². The van der Waals surface area contributed by atoms with Gasteiger partial charge in [0.25, 0.3) is 0 Å². The highest BCUT2D eigenvalue weighted by Crippen LogP contribution is 2.22. The zero-order chi connectivity index (χ0) is 19.4. The van der Waals surface area contributed by atoms with E-state index in [1.165, 1.54) is 0 Å². The number of carbonyl (C=O) groups excluding carboxylic acids is 2. The number of carboxylic acid groups (broad SMARTS) is 1. The van der Waals surface area contributed by atoms with Gasteiger partial charge in [-0.3, -0.25) is 4.79 Å². The van der Waals surface area contributed by atoms with Gasteiger partial charge in [0.05, 0.1) is 13.0 Å². The van der Waals surface area contributed by atoms with Crippen LogP contribution < -0.4 is 5.32 Å². The molecule has 0 fully saturated rings. The summed E-state index contributed by atoms with van der Waals surface area (Å²) in [4.78, 5) is 35.2. The number of esters is 1. The Morgan fingerprint density at radius 1 is 1.38 bits per heavy atom. The minimum absolute atomic E-state index is 0.0604. The number of alkyl halides is 1. The Labute approximate surface area is 141 Å². The lowest BCUT2D eigenvalue weighted by molar-refractivity contribution is -0.157. The fourth-order valence-corrected chi connectivity index (χ4v) is 1.94. The smallest absolute Gasteiger partial charge is 0.341 e. The number of aliphatic carboxylic acids is 1. The molecule has 3 atom stereocenters. The van der Waals surface area contributed by atoms with Crippen LogP contribution in [-0.4, -0.2) is 41.8 Å². The van der Waals surface area contributed by atoms with Gasteiger partial charge in [-0.05, 0) is 26.3 Å². The number of carbonyl (C=O) groups is 3. The van der Waals surface area contributed by atoms with Crippen molar-refractivity contribution in [2.45, 2.75) is 38.9 Å². The zero-order valence-electron chi connectivity index (χ0n) is 15.1. The predicted octanol–water partition coefficient (Wildman–Crippen LogP) is 1.64. The molecule has 0 heterocycles. The molecule has 0 radical (unpaired) electrons. The van der Waals surface area contributed by atoms with Crippen molar-refractivity contribution in [2.24, 2.45) is 5.89 Å². The number of hydrogen-bond donors (Lipinski definition) is 2. The summed E-state index contributed by atoms with van der Waals surface area (Å²) in [7, 11) is 1.13. The van der Waals surface area contributed by atoms with Gasteiger partial charge in [-0.15, -0.1) is 0 Å². The van der Waals surface area contributed by atoms with Crippen molar-refractivity contribution in [3.63, 3.8) is 0 Å². The number of benzene rings is 1. The minimum Gasteiger partial charge on any atom is -0.479 e. The predicted molar refractivity (Wildman–Crippen MR) is 85.1 cm³/mol. The third kappa shape index (κ3) is 4.78. The van der Waals surface area contributed by atoms with Crippen LogP contribution in [0.4, 0.5) is 4.39 Å². The van der Waals surface area contributed by atoms with Crippen molar-refractivity contribution in [1.29, 1.82) is 0 Å². The lowest BCUT2D eigenvalue weighted by Crippen LogP contribution is -2.51. The van der Waals surface area contributed by atoms with E-state index in [1.807, 2.05) is 19.1 Å². The summed E-state index contributed by atoms with van der Waals surface area (Å²) in [6.45, 7) is 3.37. The molecule has 0 saturated heterocycles. The van der Waals surface area contributed by atoms with E-state index in [0.29, 0.717) is 12.5 Å². The zero-order valence-corrected chi connectivity index (χ0v) is 14.1. The molecule has 0 aliphatic rings. The second-order valence-electron chi connectivity index (χ2n) is 5.67. The molecular weight excluding hydrogens is 317 g/mol. The van der Waals surface area contributed by atoms with Crippen LogP contribution in [0.2, 0.25) is 0 Å². The highest BCUT2D eigenvalue weighted by atomic mass is 19.1. The Hall–Kier alpha value is -2.44. The summed E-state index contributed by atoms with van der Waals surface area (Å²) in [5.41, 5.74) is -1.41. The maximum Gasteiger partial charge on any atom is 0.341 e. The molecule has 1 rings (SSSR count). The molecule has 1 amide bonds. The number of halogens is 1. The van der Waals surface area contributed by atoms with Crippen LogP contribution in [0, 0.1) is 12.8 Å². The lowest BCUT2D eigenvalue weighted by atomic mass is 9.91. The Kier molecular flexibility index (Phi) is 5.89. The van der Waals surface area contributed by atoms with Crippen LogP contribution in [0.25, 0.3) is 0 Å². The first-order chi connectivity index (χ1) is 11.4. The summed E-state index contributed by atoms with van der Waals surface area (Å²) in [6, 6.07) is 5.99. The van der Waals surface area contributed by atoms with Crippen LogP contribution in [0.3, 0.4) is 0 Å². The molecule has 7 heteroatoms. The van der Waals surface area contributed by atoms with E-state index in [-0.39, 0.29) is 6.42 Å². The van der Waals surface area contributed by atoms with Gasteiger partial charge in [0, 0.05) is 7.79 Å². The van der Waals surface area contributed by atoms with Crippen LogP contribution in [0.5, 0.6) is 0 Å². The number of methoxy groups -OCH3 is 1. The number of rotatable bonds is 7. The second kappa shape index (κ2) is 7.90. The summed E-state index contributed by atoms with van der Waals surface area (Å²) in [5, 5.41) is 11.1. The fraction of sp³-hybridized carbons (Fsp3) is 0.471. The molecular formula is C17H22FNO5. The minimum atomic E-state index is -3.14. The maximum absolute atomic E-state index is 14.3. The van der Waals surface area contributed by atoms with Gasteiger partial charge >= 0.3 is 11.9 Å². The van der Waals surface area contributed by atoms with E-state index >= 15 is 0 Å². The SMILES string of the molecule is [2H]C(C)(C(=O)NC(Cc1ccc(C)cc1)C(=O)OC)C(C)(F)C(=O)O. The Morgan fingerprint density at radius 3 is 2.38 bits per heavy atom. The van der Waals surface area contributed by atoms with E-state index in [9.17, 15) is 18.8 Å². The fourth-order valence-electron chi connectivity index (χ4n) is 1.94. The normalized spacial score (nSPS) is 17.6.